The van der Waals surface area contributed by atoms with E-state index >= 15 is 0 Å². The summed E-state index contributed by atoms with van der Waals surface area (Å²) < 4.78 is 4.92. The van der Waals surface area contributed by atoms with Crippen LogP contribution >= 0.6 is 0 Å². The van der Waals surface area contributed by atoms with E-state index in [2.05, 4.69) is 6.58 Å². The lowest BCUT2D eigenvalue weighted by molar-refractivity contribution is -0.385. The second-order valence-electron chi connectivity index (χ2n) is 3.96. The molecule has 1 aromatic rings. The van der Waals surface area contributed by atoms with Crippen molar-refractivity contribution in [1.29, 1.82) is 0 Å². The fourth-order valence-corrected chi connectivity index (χ4v) is 1.57. The molecular formula is C12H16N2O3. The van der Waals surface area contributed by atoms with Crippen LogP contribution in [-0.2, 0) is 0 Å². The maximum absolute atomic E-state index is 10.8. The molecule has 0 saturated carbocycles. The first kappa shape index (κ1) is 13.2. The molecule has 1 atom stereocenters. The van der Waals surface area contributed by atoms with Crippen LogP contribution in [0.4, 0.5) is 5.69 Å². The van der Waals surface area contributed by atoms with E-state index < -0.39 is 4.92 Å². The molecule has 0 aliphatic rings. The number of nitro groups is 1. The van der Waals surface area contributed by atoms with Gasteiger partial charge in [-0.1, -0.05) is 11.6 Å². The summed E-state index contributed by atoms with van der Waals surface area (Å²) in [6, 6.07) is 4.47. The van der Waals surface area contributed by atoms with Gasteiger partial charge in [-0.2, -0.15) is 0 Å². The number of nitrogens with two attached hydrogens (primary N) is 1. The Morgan fingerprint density at radius 1 is 1.65 bits per heavy atom. The van der Waals surface area contributed by atoms with Gasteiger partial charge in [-0.05, 0) is 25.0 Å². The lowest BCUT2D eigenvalue weighted by Gasteiger charge is -2.12. The van der Waals surface area contributed by atoms with Crippen LogP contribution < -0.4 is 10.5 Å². The zero-order valence-electron chi connectivity index (χ0n) is 9.97. The Labute approximate surface area is 100 Å². The molecule has 0 spiro atoms. The van der Waals surface area contributed by atoms with E-state index in [1.807, 2.05) is 6.92 Å². The monoisotopic (exact) mass is 236 g/mol. The topological polar surface area (TPSA) is 78.4 Å². The van der Waals surface area contributed by atoms with E-state index in [4.69, 9.17) is 10.5 Å². The van der Waals surface area contributed by atoms with Crippen molar-refractivity contribution < 1.29 is 9.66 Å². The fraction of sp³-hybridized carbons (Fsp3) is 0.333. The highest BCUT2D eigenvalue weighted by Crippen LogP contribution is 2.30. The lowest BCUT2D eigenvalue weighted by Crippen LogP contribution is -2.11. The normalized spacial score (nSPS) is 11.9. The van der Waals surface area contributed by atoms with Crippen LogP contribution in [0.1, 0.15) is 24.9 Å². The fourth-order valence-electron chi connectivity index (χ4n) is 1.57. The van der Waals surface area contributed by atoms with Crippen molar-refractivity contribution >= 4 is 5.69 Å². The first-order valence-electron chi connectivity index (χ1n) is 5.18. The molecule has 0 aliphatic heterocycles. The van der Waals surface area contributed by atoms with Gasteiger partial charge in [0.15, 0.2) is 5.75 Å². The second kappa shape index (κ2) is 5.45. The van der Waals surface area contributed by atoms with Gasteiger partial charge >= 0.3 is 5.69 Å². The summed E-state index contributed by atoms with van der Waals surface area (Å²) in [7, 11) is 1.40. The molecule has 0 fully saturated rings. The molecule has 0 amide bonds. The summed E-state index contributed by atoms with van der Waals surface area (Å²) in [5.41, 5.74) is 7.51. The molecule has 1 aromatic carbocycles. The average Bonchev–Trinajstić information content (AvgIpc) is 2.27. The highest BCUT2D eigenvalue weighted by Gasteiger charge is 2.17. The first-order valence-corrected chi connectivity index (χ1v) is 5.18. The molecule has 0 aromatic heterocycles. The summed E-state index contributed by atoms with van der Waals surface area (Å²) >= 11 is 0. The zero-order valence-corrected chi connectivity index (χ0v) is 9.97. The molecule has 0 aliphatic carbocycles. The van der Waals surface area contributed by atoms with Crippen LogP contribution in [0.5, 0.6) is 5.75 Å². The van der Waals surface area contributed by atoms with Crippen LogP contribution in [0.3, 0.4) is 0 Å². The van der Waals surface area contributed by atoms with Crippen molar-refractivity contribution in [2.45, 2.75) is 19.4 Å². The summed E-state index contributed by atoms with van der Waals surface area (Å²) in [6.45, 7) is 5.65. The Bertz CT molecular complexity index is 443. The van der Waals surface area contributed by atoms with Crippen LogP contribution in [0.2, 0.25) is 0 Å². The van der Waals surface area contributed by atoms with Gasteiger partial charge in [0.2, 0.25) is 0 Å². The zero-order chi connectivity index (χ0) is 13.0. The van der Waals surface area contributed by atoms with Gasteiger partial charge in [0.05, 0.1) is 12.0 Å². The Balaban J connectivity index is 3.07. The minimum atomic E-state index is -0.476. The number of benzene rings is 1. The van der Waals surface area contributed by atoms with Crippen LogP contribution in [0, 0.1) is 10.1 Å². The Kier molecular flexibility index (Phi) is 4.23. The second-order valence-corrected chi connectivity index (χ2v) is 3.96. The molecule has 0 saturated heterocycles. The van der Waals surface area contributed by atoms with E-state index in [1.165, 1.54) is 13.2 Å². The maximum atomic E-state index is 10.8. The van der Waals surface area contributed by atoms with Crippen molar-refractivity contribution in [1.82, 2.24) is 0 Å². The van der Waals surface area contributed by atoms with E-state index in [-0.39, 0.29) is 17.5 Å². The summed E-state index contributed by atoms with van der Waals surface area (Å²) in [4.78, 5) is 10.4. The number of methoxy groups -OCH3 is 1. The van der Waals surface area contributed by atoms with Gasteiger partial charge in [-0.3, -0.25) is 10.1 Å². The molecule has 0 unspecified atom stereocenters. The summed E-state index contributed by atoms with van der Waals surface area (Å²) in [5.74, 6) is 0.237. The predicted octanol–water partition coefficient (Wildman–Crippen LogP) is 2.57. The number of ether oxygens (including phenoxy) is 1. The molecule has 17 heavy (non-hydrogen) atoms. The number of rotatable bonds is 5. The van der Waals surface area contributed by atoms with E-state index in [0.29, 0.717) is 12.0 Å². The molecule has 5 heteroatoms. The molecule has 92 valence electrons. The molecule has 0 bridgehead atoms. The molecule has 0 radical (unpaired) electrons. The molecule has 5 nitrogen and oxygen atoms in total. The van der Waals surface area contributed by atoms with Crippen molar-refractivity contribution in [3.05, 3.63) is 46.0 Å². The molecular weight excluding hydrogens is 220 g/mol. The van der Waals surface area contributed by atoms with Gasteiger partial charge < -0.3 is 10.5 Å². The first-order chi connectivity index (χ1) is 7.95. The highest BCUT2D eigenvalue weighted by molar-refractivity contribution is 5.49. The third-order valence-corrected chi connectivity index (χ3v) is 2.40. The van der Waals surface area contributed by atoms with Crippen molar-refractivity contribution in [2.75, 3.05) is 7.11 Å². The van der Waals surface area contributed by atoms with E-state index in [1.54, 1.807) is 12.1 Å². The van der Waals surface area contributed by atoms with Crippen LogP contribution in [0.15, 0.2) is 30.4 Å². The Hall–Kier alpha value is -1.88. The number of nitrogens with zero attached hydrogens (tertiary/aromatic N) is 1. The highest BCUT2D eigenvalue weighted by atomic mass is 16.6. The van der Waals surface area contributed by atoms with Gasteiger partial charge in [-0.25, -0.2) is 0 Å². The van der Waals surface area contributed by atoms with Crippen molar-refractivity contribution in [2.24, 2.45) is 5.73 Å². The quantitative estimate of drug-likeness (QED) is 0.484. The Morgan fingerprint density at radius 2 is 2.29 bits per heavy atom. The van der Waals surface area contributed by atoms with Crippen molar-refractivity contribution in [3.63, 3.8) is 0 Å². The summed E-state index contributed by atoms with van der Waals surface area (Å²) in [6.07, 6.45) is 0.601. The number of nitro benzene ring substituents is 1. The molecule has 1 rings (SSSR count). The molecule has 2 N–H and O–H groups in total. The third-order valence-electron chi connectivity index (χ3n) is 2.40. The van der Waals surface area contributed by atoms with E-state index in [0.717, 1.165) is 5.57 Å². The largest absolute Gasteiger partial charge is 0.490 e. The SMILES string of the molecule is C=C(C)C[C@@H](N)c1ccc(OC)c([N+](=O)[O-])c1. The van der Waals surface area contributed by atoms with E-state index in [9.17, 15) is 10.1 Å². The third kappa shape index (κ3) is 3.29. The molecule has 0 heterocycles. The lowest BCUT2D eigenvalue weighted by atomic mass is 10.0. The minimum absolute atomic E-state index is 0.0674. The average molecular weight is 236 g/mol. The maximum Gasteiger partial charge on any atom is 0.311 e. The number of hydrogen-bond acceptors (Lipinski definition) is 4. The van der Waals surface area contributed by atoms with Gasteiger partial charge in [0, 0.05) is 12.1 Å². The van der Waals surface area contributed by atoms with Crippen LogP contribution in [0.25, 0.3) is 0 Å². The minimum Gasteiger partial charge on any atom is -0.490 e. The van der Waals surface area contributed by atoms with Gasteiger partial charge in [-0.15, -0.1) is 6.58 Å². The summed E-state index contributed by atoms with van der Waals surface area (Å²) in [5, 5.41) is 10.8. The predicted molar refractivity (Wildman–Crippen MR) is 66.0 cm³/mol. The smallest absolute Gasteiger partial charge is 0.311 e. The Morgan fingerprint density at radius 3 is 2.76 bits per heavy atom. The standard InChI is InChI=1S/C12H16N2O3/c1-8(2)6-10(13)9-4-5-12(17-3)11(7-9)14(15)16/h4-5,7,10H,1,6,13H2,2-3H3/t10-/m1/s1. The van der Waals surface area contributed by atoms with Crippen LogP contribution in [-0.4, -0.2) is 12.0 Å². The van der Waals surface area contributed by atoms with Gasteiger partial charge in [0.25, 0.3) is 0 Å². The number of hydrogen-bond donors (Lipinski definition) is 1. The van der Waals surface area contributed by atoms with Crippen molar-refractivity contribution in [3.8, 4) is 5.75 Å². The van der Waals surface area contributed by atoms with Gasteiger partial charge in [0.1, 0.15) is 0 Å².